The first kappa shape index (κ1) is 58.7. The molecule has 21 heteroatoms. The minimum atomic E-state index is -0.792. The maximum absolute atomic E-state index is 13.5. The van der Waals surface area contributed by atoms with E-state index in [1.165, 1.54) is 78.1 Å². The molecule has 17 nitrogen and oxygen atoms in total. The van der Waals surface area contributed by atoms with Gasteiger partial charge in [-0.1, -0.05) is 28.4 Å². The number of methoxy groups -OCH3 is 2. The van der Waals surface area contributed by atoms with E-state index < -0.39 is 23.8 Å². The number of carbonyl (C=O) groups excluding carboxylic acids is 2. The maximum Gasteiger partial charge on any atom is 1.00 e. The van der Waals surface area contributed by atoms with Gasteiger partial charge in [0.05, 0.1) is 53.6 Å². The molecule has 0 bridgehead atoms. The van der Waals surface area contributed by atoms with Gasteiger partial charge in [-0.3, -0.25) is 28.3 Å². The molecule has 71 heavy (non-hydrogen) atoms. The fourth-order valence-corrected chi connectivity index (χ4v) is 6.77. The number of carbonyl (C=O) groups is 2. The first-order valence-electron chi connectivity index (χ1n) is 21.6. The van der Waals surface area contributed by atoms with E-state index in [-0.39, 0.29) is 65.5 Å². The minimum absolute atomic E-state index is 0. The molecule has 7 rings (SSSR count). The van der Waals surface area contributed by atoms with Crippen LogP contribution in [0, 0.1) is 24.0 Å². The van der Waals surface area contributed by atoms with Crippen molar-refractivity contribution in [1.29, 1.82) is 0 Å². The van der Waals surface area contributed by atoms with E-state index in [2.05, 4.69) is 49.0 Å². The molecule has 7 aromatic rings. The Kier molecular flexibility index (Phi) is 24.4. The second-order valence-corrected chi connectivity index (χ2v) is 15.2. The largest absolute Gasteiger partial charge is 1.00 e. The van der Waals surface area contributed by atoms with Crippen LogP contribution < -0.4 is 45.3 Å². The molecule has 0 fully saturated rings. The molecule has 2 atom stereocenters. The number of aryl methyl sites for hydroxylation is 2. The van der Waals surface area contributed by atoms with Crippen LogP contribution in [-0.2, 0) is 31.9 Å². The molecular weight excluding hydrogens is 957 g/mol. The predicted molar refractivity (Wildman–Crippen MR) is 256 cm³/mol. The quantitative estimate of drug-likeness (QED) is 0.0252. The fraction of sp³-hybridized carbons (Fsp3) is 0.280. The standard InChI is InChI=1S/C25H24FN3O5.C21H20FN3O4.C4H6O.ClO.Na/c1-15(30)22-14-20(28-34-22)16-7-12-19-21(13-16)27-23(5-3-4-6-24(31)33-2)29(25(19)32)18-10-8-17(26)9-11-18;1-29-20(26)5-3-2-4-19-24-18-12-14(13-23-28)6-11-17(18)21(27)25(19)16-9-7-15(22)8-10-16;1-3-4(2)5;1-2;/h7-15,30H,3-6H2,1-2H3;6-13,28H,2-5H2,1H3;1,4-5H,2H3;;/q;;;-1;+1/b;23-13+;;;/t15-;;4-;;/m1.1../s1. The van der Waals surface area contributed by atoms with Crippen molar-refractivity contribution in [3.05, 3.63) is 146 Å². The summed E-state index contributed by atoms with van der Waals surface area (Å²) in [5.41, 5.74) is 3.20. The SMILES string of the molecule is C#C[C@@H](C)O.COC(=O)CCCCc1nc2cc(-c3cc([C@@H](C)O)on3)ccc2c(=O)n1-c1ccc(F)cc1.COC(=O)CCCCc1nc2cc(/C=N/O)ccc2c(=O)n1-c1ccc(F)cc1.[Na+].[O-]Cl. The summed E-state index contributed by atoms with van der Waals surface area (Å²) in [5, 5.41) is 34.3. The average molecular weight is 1010 g/mol. The van der Waals surface area contributed by atoms with E-state index in [1.54, 1.807) is 56.3 Å². The number of nitrogens with zero attached hydrogens (tertiary/aromatic N) is 6. The fourth-order valence-electron chi connectivity index (χ4n) is 6.77. The number of aliphatic hydroxyl groups excluding tert-OH is 2. The van der Waals surface area contributed by atoms with E-state index in [4.69, 9.17) is 24.5 Å². The number of aliphatic hydroxyl groups is 2. The molecule has 0 unspecified atom stereocenters. The Labute approximate surface area is 433 Å². The van der Waals surface area contributed by atoms with Gasteiger partial charge in [0.25, 0.3) is 11.1 Å². The summed E-state index contributed by atoms with van der Waals surface area (Å²) in [4.78, 5) is 58.7. The van der Waals surface area contributed by atoms with Crippen molar-refractivity contribution in [2.45, 2.75) is 77.4 Å². The van der Waals surface area contributed by atoms with Crippen LogP contribution in [0.3, 0.4) is 0 Å². The van der Waals surface area contributed by atoms with E-state index in [9.17, 15) is 33.1 Å². The van der Waals surface area contributed by atoms with Crippen LogP contribution in [0.25, 0.3) is 44.4 Å². The number of halogens is 3. The summed E-state index contributed by atoms with van der Waals surface area (Å²) in [6.07, 6.45) is 8.35. The van der Waals surface area contributed by atoms with Crippen LogP contribution in [0.1, 0.15) is 81.4 Å². The number of benzene rings is 4. The Balaban J connectivity index is 0.000000331. The molecule has 368 valence electrons. The normalized spacial score (nSPS) is 11.4. The second kappa shape index (κ2) is 29.5. The first-order chi connectivity index (χ1) is 33.7. The molecule has 0 saturated heterocycles. The summed E-state index contributed by atoms with van der Waals surface area (Å²) < 4.78 is 52.0. The monoisotopic (exact) mass is 1010 g/mol. The topological polar surface area (TPSA) is 245 Å². The number of hydrogen-bond acceptors (Lipinski definition) is 15. The van der Waals surface area contributed by atoms with E-state index in [1.807, 2.05) is 0 Å². The molecule has 0 radical (unpaired) electrons. The molecule has 4 aromatic carbocycles. The zero-order valence-electron chi connectivity index (χ0n) is 39.6. The summed E-state index contributed by atoms with van der Waals surface area (Å²) in [7, 11) is 2.68. The predicted octanol–water partition coefficient (Wildman–Crippen LogP) is 3.84. The number of ether oxygens (including phenoxy) is 2. The van der Waals surface area contributed by atoms with Crippen LogP contribution >= 0.6 is 11.9 Å². The van der Waals surface area contributed by atoms with Crippen molar-refractivity contribution < 1.29 is 82.0 Å². The van der Waals surface area contributed by atoms with Crippen LogP contribution in [0.5, 0.6) is 0 Å². The molecule has 0 aliphatic carbocycles. The summed E-state index contributed by atoms with van der Waals surface area (Å²) in [5.74, 6) is 2.02. The second-order valence-electron chi connectivity index (χ2n) is 15.2. The van der Waals surface area contributed by atoms with Crippen molar-refractivity contribution >= 4 is 51.8 Å². The van der Waals surface area contributed by atoms with E-state index >= 15 is 0 Å². The number of oxime groups is 1. The summed E-state index contributed by atoms with van der Waals surface area (Å²) in [6.45, 7) is 3.12. The van der Waals surface area contributed by atoms with Gasteiger partial charge >= 0.3 is 41.5 Å². The summed E-state index contributed by atoms with van der Waals surface area (Å²) >= 11 is 3.39. The van der Waals surface area contributed by atoms with Crippen molar-refractivity contribution in [3.8, 4) is 35.0 Å². The molecule has 0 spiro atoms. The van der Waals surface area contributed by atoms with Crippen molar-refractivity contribution in [1.82, 2.24) is 24.3 Å². The molecule has 0 aliphatic rings. The van der Waals surface area contributed by atoms with Crippen LogP contribution in [0.2, 0.25) is 0 Å². The number of rotatable bonds is 15. The molecule has 0 aliphatic heterocycles. The molecule has 3 N–H and O–H groups in total. The van der Waals surface area contributed by atoms with Gasteiger partial charge in [-0.15, -0.1) is 6.42 Å². The summed E-state index contributed by atoms with van der Waals surface area (Å²) in [6, 6.07) is 23.0. The Morgan fingerprint density at radius 2 is 1.23 bits per heavy atom. The number of aromatic nitrogens is 5. The van der Waals surface area contributed by atoms with Gasteiger partial charge in [0, 0.05) is 37.3 Å². The molecule has 3 aromatic heterocycles. The minimum Gasteiger partial charge on any atom is -0.769 e. The van der Waals surface area contributed by atoms with Gasteiger partial charge < -0.3 is 34.1 Å². The Morgan fingerprint density at radius 1 is 0.775 bits per heavy atom. The number of hydrogen-bond donors (Lipinski definition) is 3. The number of fused-ring (bicyclic) bond motifs is 2. The number of unbranched alkanes of at least 4 members (excludes halogenated alkanes) is 2. The van der Waals surface area contributed by atoms with Crippen molar-refractivity contribution in [2.24, 2.45) is 5.16 Å². The van der Waals surface area contributed by atoms with Gasteiger partial charge in [0.1, 0.15) is 41.2 Å². The zero-order valence-corrected chi connectivity index (χ0v) is 42.3. The smallest absolute Gasteiger partial charge is 0.769 e. The van der Waals surface area contributed by atoms with Gasteiger partial charge in [-0.2, -0.15) is 0 Å². The molecular formula is C50H50ClF2N6NaO11. The van der Waals surface area contributed by atoms with Gasteiger partial charge in [0.2, 0.25) is 0 Å². The van der Waals surface area contributed by atoms with Gasteiger partial charge in [-0.05, 0) is 118 Å². The Bertz CT molecular complexity index is 3050. The first-order valence-corrected chi connectivity index (χ1v) is 21.9. The number of esters is 2. The van der Waals surface area contributed by atoms with Crippen molar-refractivity contribution in [2.75, 3.05) is 14.2 Å². The van der Waals surface area contributed by atoms with E-state index in [0.29, 0.717) is 106 Å². The van der Waals surface area contributed by atoms with E-state index in [0.717, 1.165) is 0 Å². The Hall–Kier alpha value is -6.63. The molecule has 0 saturated carbocycles. The van der Waals surface area contributed by atoms with Crippen LogP contribution in [0.4, 0.5) is 8.78 Å². The Morgan fingerprint density at radius 3 is 1.63 bits per heavy atom. The van der Waals surface area contributed by atoms with Gasteiger partial charge in [0.15, 0.2) is 5.76 Å². The third kappa shape index (κ3) is 16.7. The molecule has 0 amide bonds. The third-order valence-corrected chi connectivity index (χ3v) is 10.3. The van der Waals surface area contributed by atoms with Crippen LogP contribution in [0.15, 0.2) is 110 Å². The molecule has 3 heterocycles. The van der Waals surface area contributed by atoms with Crippen molar-refractivity contribution in [3.63, 3.8) is 0 Å². The zero-order chi connectivity index (χ0) is 51.3. The average Bonchev–Trinajstić information content (AvgIpc) is 3.87. The third-order valence-electron chi connectivity index (χ3n) is 10.3. The maximum atomic E-state index is 13.5. The number of terminal acetylenes is 1. The van der Waals surface area contributed by atoms with Gasteiger partial charge in [-0.25, -0.2) is 30.6 Å². The van der Waals surface area contributed by atoms with Crippen LogP contribution in [-0.4, -0.2) is 78.2 Å².